The highest BCUT2D eigenvalue weighted by molar-refractivity contribution is 6.31. The average molecular weight is 405 g/mol. The van der Waals surface area contributed by atoms with E-state index in [4.69, 9.17) is 23.2 Å². The number of aliphatic hydroxyl groups is 2. The van der Waals surface area contributed by atoms with E-state index in [1.165, 1.54) is 5.56 Å². The van der Waals surface area contributed by atoms with Crippen molar-refractivity contribution < 1.29 is 10.2 Å². The summed E-state index contributed by atoms with van der Waals surface area (Å²) in [4.78, 5) is 5.56. The quantitative estimate of drug-likeness (QED) is 0.603. The molecule has 142 valence electrons. The molecule has 0 spiro atoms. The molecule has 3 aromatic rings. The van der Waals surface area contributed by atoms with E-state index in [2.05, 4.69) is 9.88 Å². The van der Waals surface area contributed by atoms with Gasteiger partial charge in [-0.25, -0.2) is 0 Å². The minimum atomic E-state index is -0.669. The minimum absolute atomic E-state index is 0.0189. The van der Waals surface area contributed by atoms with Crippen LogP contribution in [0.2, 0.25) is 10.0 Å². The molecule has 0 fully saturated rings. The van der Waals surface area contributed by atoms with Gasteiger partial charge in [-0.05, 0) is 54.3 Å². The highest BCUT2D eigenvalue weighted by atomic mass is 35.5. The smallest absolute Gasteiger partial charge is 0.0917 e. The van der Waals surface area contributed by atoms with Crippen LogP contribution in [0.15, 0.2) is 36.4 Å². The molecule has 1 aliphatic heterocycles. The summed E-state index contributed by atoms with van der Waals surface area (Å²) in [6.07, 6.45) is 0.172. The van der Waals surface area contributed by atoms with Crippen molar-refractivity contribution in [2.24, 2.45) is 0 Å². The number of aromatic amines is 1. The Kier molecular flexibility index (Phi) is 5.19. The van der Waals surface area contributed by atoms with E-state index in [0.29, 0.717) is 16.6 Å². The summed E-state index contributed by atoms with van der Waals surface area (Å²) in [7, 11) is 0. The second-order valence-electron chi connectivity index (χ2n) is 7.17. The number of aryl methyl sites for hydroxylation is 1. The molecular formula is C21H22Cl2N2O2. The molecule has 4 nitrogen and oxygen atoms in total. The maximum absolute atomic E-state index is 10.7. The van der Waals surface area contributed by atoms with Crippen LogP contribution < -0.4 is 0 Å². The Hall–Kier alpha value is -1.56. The predicted octanol–water partition coefficient (Wildman–Crippen LogP) is 4.41. The van der Waals surface area contributed by atoms with Gasteiger partial charge in [-0.1, -0.05) is 35.3 Å². The molecule has 2 unspecified atom stereocenters. The van der Waals surface area contributed by atoms with Gasteiger partial charge >= 0.3 is 0 Å². The van der Waals surface area contributed by atoms with Gasteiger partial charge in [-0.15, -0.1) is 0 Å². The molecule has 6 heteroatoms. The van der Waals surface area contributed by atoms with Crippen LogP contribution in [-0.4, -0.2) is 39.8 Å². The summed E-state index contributed by atoms with van der Waals surface area (Å²) in [5.74, 6) is 0. The van der Waals surface area contributed by atoms with Crippen LogP contribution in [0.25, 0.3) is 10.9 Å². The van der Waals surface area contributed by atoms with E-state index in [-0.39, 0.29) is 12.6 Å². The number of β-amino-alcohol motifs (C(OH)–C–C–N with tert-alkyl or cyclic N) is 1. The second kappa shape index (κ2) is 7.46. The number of H-pyrrole nitrogens is 1. The highest BCUT2D eigenvalue weighted by Crippen LogP contribution is 2.36. The third kappa shape index (κ3) is 3.48. The van der Waals surface area contributed by atoms with E-state index in [0.717, 1.165) is 40.7 Å². The monoisotopic (exact) mass is 404 g/mol. The number of fused-ring (bicyclic) bond motifs is 3. The van der Waals surface area contributed by atoms with Gasteiger partial charge in [-0.3, -0.25) is 4.90 Å². The van der Waals surface area contributed by atoms with Crippen molar-refractivity contribution in [1.29, 1.82) is 0 Å². The number of hydrogen-bond acceptors (Lipinski definition) is 3. The average Bonchev–Trinajstić information content (AvgIpc) is 3.01. The fourth-order valence-corrected chi connectivity index (χ4v) is 4.32. The zero-order chi connectivity index (χ0) is 19.1. The molecule has 3 N–H and O–H groups in total. The zero-order valence-electron chi connectivity index (χ0n) is 15.0. The molecule has 0 amide bonds. The molecule has 0 radical (unpaired) electrons. The lowest BCUT2D eigenvalue weighted by atomic mass is 9.96. The minimum Gasteiger partial charge on any atom is -0.394 e. The Bertz CT molecular complexity index is 986. The number of aliphatic hydroxyl groups excluding tert-OH is 2. The van der Waals surface area contributed by atoms with E-state index >= 15 is 0 Å². The molecule has 0 saturated carbocycles. The van der Waals surface area contributed by atoms with Gasteiger partial charge in [-0.2, -0.15) is 0 Å². The lowest BCUT2D eigenvalue weighted by Gasteiger charge is -2.36. The summed E-state index contributed by atoms with van der Waals surface area (Å²) in [5.41, 5.74) is 5.01. The molecule has 4 rings (SSSR count). The number of nitrogens with zero attached hydrogens (tertiary/aromatic N) is 1. The van der Waals surface area contributed by atoms with Crippen LogP contribution in [0.1, 0.15) is 34.5 Å². The predicted molar refractivity (Wildman–Crippen MR) is 110 cm³/mol. The van der Waals surface area contributed by atoms with Crippen molar-refractivity contribution in [2.45, 2.75) is 25.5 Å². The summed E-state index contributed by atoms with van der Waals surface area (Å²) >= 11 is 12.4. The van der Waals surface area contributed by atoms with Gasteiger partial charge in [0.2, 0.25) is 0 Å². The number of benzene rings is 2. The maximum atomic E-state index is 10.7. The van der Waals surface area contributed by atoms with Gasteiger partial charge < -0.3 is 15.2 Å². The van der Waals surface area contributed by atoms with Crippen molar-refractivity contribution in [3.05, 3.63) is 68.8 Å². The van der Waals surface area contributed by atoms with Crippen LogP contribution in [0.3, 0.4) is 0 Å². The van der Waals surface area contributed by atoms with Crippen LogP contribution in [0.5, 0.6) is 0 Å². The van der Waals surface area contributed by atoms with Crippen LogP contribution in [0, 0.1) is 6.92 Å². The first-order valence-electron chi connectivity index (χ1n) is 9.07. The van der Waals surface area contributed by atoms with Crippen molar-refractivity contribution in [1.82, 2.24) is 9.88 Å². The molecule has 1 aliphatic rings. The van der Waals surface area contributed by atoms with Gasteiger partial charge in [0.25, 0.3) is 0 Å². The molecule has 2 heterocycles. The van der Waals surface area contributed by atoms with Crippen LogP contribution >= 0.6 is 23.2 Å². The van der Waals surface area contributed by atoms with Gasteiger partial charge in [0.05, 0.1) is 18.8 Å². The fraction of sp³-hybridized carbons (Fsp3) is 0.333. The third-order valence-electron chi connectivity index (χ3n) is 5.49. The summed E-state index contributed by atoms with van der Waals surface area (Å²) < 4.78 is 0. The molecule has 0 saturated heterocycles. The topological polar surface area (TPSA) is 59.5 Å². The third-order valence-corrected chi connectivity index (χ3v) is 6.13. The van der Waals surface area contributed by atoms with Gasteiger partial charge in [0.15, 0.2) is 0 Å². The van der Waals surface area contributed by atoms with Crippen LogP contribution in [-0.2, 0) is 6.42 Å². The Morgan fingerprint density at radius 1 is 1.22 bits per heavy atom. The largest absolute Gasteiger partial charge is 0.394 e. The Morgan fingerprint density at radius 3 is 2.78 bits per heavy atom. The lowest BCUT2D eigenvalue weighted by Crippen LogP contribution is -2.39. The lowest BCUT2D eigenvalue weighted by molar-refractivity contribution is 0.0548. The first-order chi connectivity index (χ1) is 13.0. The molecule has 27 heavy (non-hydrogen) atoms. The van der Waals surface area contributed by atoms with Crippen molar-refractivity contribution >= 4 is 34.1 Å². The highest BCUT2D eigenvalue weighted by Gasteiger charge is 2.31. The first kappa shape index (κ1) is 18.8. The van der Waals surface area contributed by atoms with Crippen molar-refractivity contribution in [3.63, 3.8) is 0 Å². The number of nitrogens with one attached hydrogen (secondary N) is 1. The van der Waals surface area contributed by atoms with E-state index in [1.54, 1.807) is 0 Å². The SMILES string of the molecule is Cc1ccc(C(O)CN2CCc3c([nH]c4ccc(Cl)cc34)C2CO)cc1Cl. The molecular weight excluding hydrogens is 383 g/mol. The second-order valence-corrected chi connectivity index (χ2v) is 8.02. The molecule has 0 bridgehead atoms. The number of aromatic nitrogens is 1. The Balaban J connectivity index is 1.61. The molecule has 2 aromatic carbocycles. The summed E-state index contributed by atoms with van der Waals surface area (Å²) in [6, 6.07) is 11.3. The van der Waals surface area contributed by atoms with Gasteiger partial charge in [0, 0.05) is 39.7 Å². The molecule has 1 aromatic heterocycles. The number of halogens is 2. The van der Waals surface area contributed by atoms with E-state index < -0.39 is 6.10 Å². The van der Waals surface area contributed by atoms with E-state index in [1.807, 2.05) is 43.3 Å². The van der Waals surface area contributed by atoms with Crippen LogP contribution in [0.4, 0.5) is 0 Å². The van der Waals surface area contributed by atoms with Crippen molar-refractivity contribution in [3.8, 4) is 0 Å². The standard InChI is InChI=1S/C21H22Cl2N2O2/c1-12-2-3-13(8-17(12)23)20(27)10-25-7-6-15-16-9-14(22)4-5-18(16)24-21(15)19(25)11-26/h2-5,8-9,19-20,24,26-27H,6-7,10-11H2,1H3. The normalized spacial score (nSPS) is 18.6. The number of hydrogen-bond donors (Lipinski definition) is 3. The fourth-order valence-electron chi connectivity index (χ4n) is 3.96. The number of rotatable bonds is 4. The maximum Gasteiger partial charge on any atom is 0.0917 e. The Morgan fingerprint density at radius 2 is 2.04 bits per heavy atom. The first-order valence-corrected chi connectivity index (χ1v) is 9.82. The van der Waals surface area contributed by atoms with Gasteiger partial charge in [0.1, 0.15) is 0 Å². The van der Waals surface area contributed by atoms with E-state index in [9.17, 15) is 10.2 Å². The zero-order valence-corrected chi connectivity index (χ0v) is 16.6. The molecule has 0 aliphatic carbocycles. The summed E-state index contributed by atoms with van der Waals surface area (Å²) in [5, 5.41) is 23.2. The van der Waals surface area contributed by atoms with Crippen molar-refractivity contribution in [2.75, 3.05) is 19.7 Å². The summed E-state index contributed by atoms with van der Waals surface area (Å²) in [6.45, 7) is 3.11. The Labute approximate surface area is 168 Å². The molecule has 2 atom stereocenters.